The lowest BCUT2D eigenvalue weighted by Crippen LogP contribution is -2.44. The van der Waals surface area contributed by atoms with Crippen LogP contribution in [0.25, 0.3) is 11.0 Å². The van der Waals surface area contributed by atoms with Crippen LogP contribution in [0.1, 0.15) is 18.5 Å². The summed E-state index contributed by atoms with van der Waals surface area (Å²) < 4.78 is 31.8. The van der Waals surface area contributed by atoms with Crippen LogP contribution in [0.5, 0.6) is 0 Å². The van der Waals surface area contributed by atoms with Crippen LogP contribution in [-0.2, 0) is 15.8 Å². The fourth-order valence-corrected chi connectivity index (χ4v) is 4.14. The molecule has 0 radical (unpaired) electrons. The number of fused-ring (bicyclic) bond motifs is 1. The summed E-state index contributed by atoms with van der Waals surface area (Å²) in [6.45, 7) is 1.72. The summed E-state index contributed by atoms with van der Waals surface area (Å²) in [6.07, 6.45) is 1.69. The van der Waals surface area contributed by atoms with Gasteiger partial charge in [0.05, 0.1) is 0 Å². The Morgan fingerprint density at radius 1 is 1.32 bits per heavy atom. The molecule has 122 valence electrons. The van der Waals surface area contributed by atoms with Crippen LogP contribution < -0.4 is 5.32 Å². The van der Waals surface area contributed by atoms with E-state index in [1.165, 1.54) is 4.31 Å². The Balaban J connectivity index is 0.00000176. The summed E-state index contributed by atoms with van der Waals surface area (Å²) in [5.41, 5.74) is 1.10. The minimum Gasteiger partial charge on any atom is -0.356 e. The molecular formula is C14H20ClN3O3S. The van der Waals surface area contributed by atoms with Crippen molar-refractivity contribution in [2.24, 2.45) is 0 Å². The minimum atomic E-state index is -3.39. The van der Waals surface area contributed by atoms with Crippen molar-refractivity contribution in [1.29, 1.82) is 0 Å². The summed E-state index contributed by atoms with van der Waals surface area (Å²) in [4.78, 5) is 0. The molecule has 1 fully saturated rings. The van der Waals surface area contributed by atoms with Crippen molar-refractivity contribution < 1.29 is 12.9 Å². The molecule has 6 nitrogen and oxygen atoms in total. The first-order valence-electron chi connectivity index (χ1n) is 7.07. The van der Waals surface area contributed by atoms with E-state index in [0.717, 1.165) is 31.3 Å². The average Bonchev–Trinajstić information content (AvgIpc) is 2.90. The molecule has 1 aromatic heterocycles. The Morgan fingerprint density at radius 3 is 2.73 bits per heavy atom. The highest BCUT2D eigenvalue weighted by Gasteiger charge is 2.29. The number of aromatic nitrogens is 1. The molecule has 0 aliphatic carbocycles. The van der Waals surface area contributed by atoms with Gasteiger partial charge in [-0.25, -0.2) is 12.7 Å². The maximum Gasteiger partial charge on any atom is 0.220 e. The largest absolute Gasteiger partial charge is 0.356 e. The van der Waals surface area contributed by atoms with Gasteiger partial charge >= 0.3 is 0 Å². The standard InChI is InChI=1S/C14H19N3O3S.ClH/c1-17(11-6-8-15-9-7-11)21(18,19)10-13-12-4-2-3-5-14(12)20-16-13;/h2-5,11,15H,6-10H2,1H3;1H. The van der Waals surface area contributed by atoms with Gasteiger partial charge in [0.1, 0.15) is 11.4 Å². The molecule has 0 bridgehead atoms. The Bertz CT molecular complexity index is 726. The molecule has 3 rings (SSSR count). The third-order valence-electron chi connectivity index (χ3n) is 4.03. The number of halogens is 1. The predicted molar refractivity (Wildman–Crippen MR) is 87.5 cm³/mol. The van der Waals surface area contributed by atoms with Gasteiger partial charge in [0, 0.05) is 18.5 Å². The third kappa shape index (κ3) is 3.43. The number of hydrogen-bond acceptors (Lipinski definition) is 5. The monoisotopic (exact) mass is 345 g/mol. The zero-order valence-electron chi connectivity index (χ0n) is 12.4. The van der Waals surface area contributed by atoms with Crippen molar-refractivity contribution in [3.63, 3.8) is 0 Å². The van der Waals surface area contributed by atoms with Gasteiger partial charge in [0.15, 0.2) is 5.58 Å². The van der Waals surface area contributed by atoms with Crippen LogP contribution in [0.15, 0.2) is 28.8 Å². The maximum atomic E-state index is 12.6. The van der Waals surface area contributed by atoms with Gasteiger partial charge in [0.25, 0.3) is 0 Å². The molecule has 0 spiro atoms. The van der Waals surface area contributed by atoms with E-state index in [1.54, 1.807) is 13.1 Å². The number of sulfonamides is 1. The maximum absolute atomic E-state index is 12.6. The van der Waals surface area contributed by atoms with Gasteiger partial charge in [0.2, 0.25) is 10.0 Å². The normalized spacial score (nSPS) is 16.8. The molecule has 1 N–H and O–H groups in total. The first kappa shape index (κ1) is 17.2. The number of nitrogens with one attached hydrogen (secondary N) is 1. The molecule has 8 heteroatoms. The van der Waals surface area contributed by atoms with Gasteiger partial charge in [-0.1, -0.05) is 17.3 Å². The molecule has 1 aliphatic rings. The lowest BCUT2D eigenvalue weighted by Gasteiger charge is -2.30. The number of para-hydroxylation sites is 1. The van der Waals surface area contributed by atoms with Gasteiger partial charge < -0.3 is 9.84 Å². The van der Waals surface area contributed by atoms with Crippen molar-refractivity contribution in [3.8, 4) is 0 Å². The van der Waals surface area contributed by atoms with Crippen LogP contribution in [0.2, 0.25) is 0 Å². The molecule has 1 aromatic carbocycles. The number of hydrogen-bond donors (Lipinski definition) is 1. The fourth-order valence-electron chi connectivity index (χ4n) is 2.71. The van der Waals surface area contributed by atoms with Gasteiger partial charge in [-0.3, -0.25) is 0 Å². The van der Waals surface area contributed by atoms with Crippen molar-refractivity contribution in [2.45, 2.75) is 24.6 Å². The van der Waals surface area contributed by atoms with Gasteiger partial charge in [-0.05, 0) is 38.1 Å². The highest BCUT2D eigenvalue weighted by atomic mass is 35.5. The van der Waals surface area contributed by atoms with E-state index in [9.17, 15) is 8.42 Å². The highest BCUT2D eigenvalue weighted by Crippen LogP contribution is 2.22. The van der Waals surface area contributed by atoms with Crippen LogP contribution >= 0.6 is 12.4 Å². The Kier molecular flexibility index (Phi) is 5.44. The lowest BCUT2D eigenvalue weighted by molar-refractivity contribution is 0.296. The molecule has 2 heterocycles. The number of benzene rings is 1. The second kappa shape index (κ2) is 6.95. The van der Waals surface area contributed by atoms with E-state index in [-0.39, 0.29) is 24.2 Å². The molecule has 2 aromatic rings. The quantitative estimate of drug-likeness (QED) is 0.913. The second-order valence-electron chi connectivity index (χ2n) is 5.38. The van der Waals surface area contributed by atoms with E-state index in [4.69, 9.17) is 4.52 Å². The van der Waals surface area contributed by atoms with Crippen molar-refractivity contribution in [3.05, 3.63) is 30.0 Å². The lowest BCUT2D eigenvalue weighted by atomic mass is 10.1. The summed E-state index contributed by atoms with van der Waals surface area (Å²) >= 11 is 0. The van der Waals surface area contributed by atoms with Crippen LogP contribution in [0.3, 0.4) is 0 Å². The second-order valence-corrected chi connectivity index (χ2v) is 7.41. The molecule has 0 atom stereocenters. The smallest absolute Gasteiger partial charge is 0.220 e. The minimum absolute atomic E-state index is 0. The zero-order chi connectivity index (χ0) is 14.9. The van der Waals surface area contributed by atoms with Crippen LogP contribution in [0, 0.1) is 0 Å². The Labute approximate surface area is 136 Å². The number of nitrogens with zero attached hydrogens (tertiary/aromatic N) is 2. The summed E-state index contributed by atoms with van der Waals surface area (Å²) in [6, 6.07) is 7.38. The highest BCUT2D eigenvalue weighted by molar-refractivity contribution is 7.88. The first-order chi connectivity index (χ1) is 10.1. The first-order valence-corrected chi connectivity index (χ1v) is 8.68. The number of piperidine rings is 1. The summed E-state index contributed by atoms with van der Waals surface area (Å²) in [5, 5.41) is 7.92. The molecule has 1 saturated heterocycles. The molecule has 0 saturated carbocycles. The topological polar surface area (TPSA) is 75.4 Å². The van der Waals surface area contributed by atoms with Crippen molar-refractivity contribution in [1.82, 2.24) is 14.8 Å². The third-order valence-corrected chi connectivity index (χ3v) is 5.85. The van der Waals surface area contributed by atoms with Crippen molar-refractivity contribution in [2.75, 3.05) is 20.1 Å². The number of rotatable bonds is 4. The van der Waals surface area contributed by atoms with E-state index >= 15 is 0 Å². The SMILES string of the molecule is CN(C1CCNCC1)S(=O)(=O)Cc1noc2ccccc12.Cl. The molecule has 22 heavy (non-hydrogen) atoms. The molecule has 0 amide bonds. The molecule has 1 aliphatic heterocycles. The van der Waals surface area contributed by atoms with E-state index in [0.29, 0.717) is 11.3 Å². The van der Waals surface area contributed by atoms with E-state index in [1.807, 2.05) is 18.2 Å². The fraction of sp³-hybridized carbons (Fsp3) is 0.500. The Hall–Kier alpha value is -1.15. The summed E-state index contributed by atoms with van der Waals surface area (Å²) in [7, 11) is -1.73. The van der Waals surface area contributed by atoms with Gasteiger partial charge in [-0.2, -0.15) is 0 Å². The van der Waals surface area contributed by atoms with Gasteiger partial charge in [-0.15, -0.1) is 12.4 Å². The average molecular weight is 346 g/mol. The van der Waals surface area contributed by atoms with E-state index in [2.05, 4.69) is 10.5 Å². The molecule has 0 unspecified atom stereocenters. The Morgan fingerprint density at radius 2 is 2.00 bits per heavy atom. The van der Waals surface area contributed by atoms with Crippen molar-refractivity contribution >= 4 is 33.4 Å². The van der Waals surface area contributed by atoms with Crippen LogP contribution in [-0.4, -0.2) is 44.1 Å². The van der Waals surface area contributed by atoms with Crippen LogP contribution in [0.4, 0.5) is 0 Å². The predicted octanol–water partition coefficient (Wildman–Crippen LogP) is 1.76. The van der Waals surface area contributed by atoms with E-state index < -0.39 is 10.0 Å². The zero-order valence-corrected chi connectivity index (χ0v) is 14.0. The summed E-state index contributed by atoms with van der Waals surface area (Å²) in [5.74, 6) is -0.121. The molecular weight excluding hydrogens is 326 g/mol.